The number of aliphatic imine (C=N–C) groups is 1. The molecular formula is C14H23N3O. The monoisotopic (exact) mass is 249 g/mol. The third kappa shape index (κ3) is 4.85. The average Bonchev–Trinajstić information content (AvgIpc) is 2.37. The van der Waals surface area contributed by atoms with Gasteiger partial charge in [-0.2, -0.15) is 0 Å². The normalized spacial score (nSPS) is 13.6. The molecule has 1 aromatic carbocycles. The first-order chi connectivity index (χ1) is 8.65. The fourth-order valence-corrected chi connectivity index (χ4v) is 1.93. The standard InChI is InChI=1S/C14H23N3O/c1-11(15)17-9-5-4-8-14(16)13-7-3-2-6-12(13)10-18/h2-3,6-7,14,18H,4-5,8-10,16H2,1H3,(H2,15,17). The van der Waals surface area contributed by atoms with Crippen molar-refractivity contribution in [1.82, 2.24) is 0 Å². The lowest BCUT2D eigenvalue weighted by atomic mass is 9.97. The summed E-state index contributed by atoms with van der Waals surface area (Å²) in [7, 11) is 0. The molecule has 1 atom stereocenters. The van der Waals surface area contributed by atoms with Crippen LogP contribution < -0.4 is 11.5 Å². The van der Waals surface area contributed by atoms with Crippen molar-refractivity contribution in [3.63, 3.8) is 0 Å². The number of hydrogen-bond acceptors (Lipinski definition) is 3. The molecule has 0 aliphatic carbocycles. The lowest BCUT2D eigenvalue weighted by Gasteiger charge is -2.15. The van der Waals surface area contributed by atoms with Gasteiger partial charge in [-0.25, -0.2) is 0 Å². The van der Waals surface area contributed by atoms with Gasteiger partial charge in [0, 0.05) is 12.6 Å². The van der Waals surface area contributed by atoms with E-state index < -0.39 is 0 Å². The molecule has 100 valence electrons. The number of aliphatic hydroxyl groups excluding tert-OH is 1. The van der Waals surface area contributed by atoms with E-state index >= 15 is 0 Å². The highest BCUT2D eigenvalue weighted by atomic mass is 16.3. The van der Waals surface area contributed by atoms with Crippen LogP contribution in [-0.4, -0.2) is 17.5 Å². The summed E-state index contributed by atoms with van der Waals surface area (Å²) in [5.41, 5.74) is 13.6. The second-order valence-electron chi connectivity index (χ2n) is 4.48. The zero-order chi connectivity index (χ0) is 13.4. The molecular weight excluding hydrogens is 226 g/mol. The Balaban J connectivity index is 2.40. The SMILES string of the molecule is CC(N)=NCCCCC(N)c1ccccc1CO. The molecule has 0 aliphatic heterocycles. The first-order valence-corrected chi connectivity index (χ1v) is 6.36. The van der Waals surface area contributed by atoms with Gasteiger partial charge in [0.1, 0.15) is 0 Å². The van der Waals surface area contributed by atoms with Crippen LogP contribution in [0.3, 0.4) is 0 Å². The number of nitrogens with zero attached hydrogens (tertiary/aromatic N) is 1. The van der Waals surface area contributed by atoms with Crippen LogP contribution in [0.25, 0.3) is 0 Å². The predicted octanol–water partition coefficient (Wildman–Crippen LogP) is 1.73. The molecule has 1 aromatic rings. The van der Waals surface area contributed by atoms with Gasteiger partial charge in [0.2, 0.25) is 0 Å². The summed E-state index contributed by atoms with van der Waals surface area (Å²) >= 11 is 0. The Morgan fingerprint density at radius 2 is 2.06 bits per heavy atom. The van der Waals surface area contributed by atoms with E-state index in [4.69, 9.17) is 11.5 Å². The Morgan fingerprint density at radius 3 is 2.72 bits per heavy atom. The van der Waals surface area contributed by atoms with Gasteiger partial charge in [-0.3, -0.25) is 4.99 Å². The van der Waals surface area contributed by atoms with Gasteiger partial charge in [-0.15, -0.1) is 0 Å². The molecule has 0 radical (unpaired) electrons. The molecule has 0 heterocycles. The Labute approximate surface area is 109 Å². The molecule has 18 heavy (non-hydrogen) atoms. The summed E-state index contributed by atoms with van der Waals surface area (Å²) in [6.45, 7) is 2.60. The van der Waals surface area contributed by atoms with Crippen LogP contribution in [0, 0.1) is 0 Å². The molecule has 4 heteroatoms. The number of hydrogen-bond donors (Lipinski definition) is 3. The summed E-state index contributed by atoms with van der Waals surface area (Å²) in [5.74, 6) is 0.630. The first-order valence-electron chi connectivity index (χ1n) is 6.36. The minimum atomic E-state index is -0.0173. The lowest BCUT2D eigenvalue weighted by molar-refractivity contribution is 0.279. The Bertz CT molecular complexity index is 386. The quantitative estimate of drug-likeness (QED) is 0.391. The van der Waals surface area contributed by atoms with E-state index in [1.165, 1.54) is 0 Å². The second-order valence-corrected chi connectivity index (χ2v) is 4.48. The molecule has 0 aromatic heterocycles. The van der Waals surface area contributed by atoms with Crippen molar-refractivity contribution in [3.8, 4) is 0 Å². The molecule has 0 aliphatic rings. The van der Waals surface area contributed by atoms with E-state index in [9.17, 15) is 5.11 Å². The van der Waals surface area contributed by atoms with Gasteiger partial charge in [0.15, 0.2) is 0 Å². The number of benzene rings is 1. The van der Waals surface area contributed by atoms with Gasteiger partial charge in [0.05, 0.1) is 12.4 Å². The van der Waals surface area contributed by atoms with E-state index in [2.05, 4.69) is 4.99 Å². The number of aliphatic hydroxyl groups is 1. The fourth-order valence-electron chi connectivity index (χ4n) is 1.93. The van der Waals surface area contributed by atoms with E-state index in [0.717, 1.165) is 36.9 Å². The second kappa shape index (κ2) is 7.84. The van der Waals surface area contributed by atoms with Crippen molar-refractivity contribution >= 4 is 5.84 Å². The van der Waals surface area contributed by atoms with Gasteiger partial charge >= 0.3 is 0 Å². The largest absolute Gasteiger partial charge is 0.392 e. The van der Waals surface area contributed by atoms with Crippen LogP contribution in [0.5, 0.6) is 0 Å². The van der Waals surface area contributed by atoms with Crippen LogP contribution in [0.4, 0.5) is 0 Å². The van der Waals surface area contributed by atoms with Gasteiger partial charge in [-0.1, -0.05) is 24.3 Å². The fraction of sp³-hybridized carbons (Fsp3) is 0.500. The summed E-state index contributed by atoms with van der Waals surface area (Å²) < 4.78 is 0. The van der Waals surface area contributed by atoms with Crippen molar-refractivity contribution in [2.45, 2.75) is 38.8 Å². The van der Waals surface area contributed by atoms with Crippen LogP contribution in [0.15, 0.2) is 29.3 Å². The maximum atomic E-state index is 9.25. The molecule has 5 N–H and O–H groups in total. The Kier molecular flexibility index (Phi) is 6.39. The summed E-state index contributed by atoms with van der Waals surface area (Å²) in [6, 6.07) is 7.75. The van der Waals surface area contributed by atoms with Crippen molar-refractivity contribution in [3.05, 3.63) is 35.4 Å². The summed E-state index contributed by atoms with van der Waals surface area (Å²) in [4.78, 5) is 4.14. The third-order valence-electron chi connectivity index (χ3n) is 2.91. The van der Waals surface area contributed by atoms with Crippen molar-refractivity contribution in [1.29, 1.82) is 0 Å². The molecule has 0 amide bonds. The average molecular weight is 249 g/mol. The maximum Gasteiger partial charge on any atom is 0.0905 e. The van der Waals surface area contributed by atoms with Gasteiger partial charge < -0.3 is 16.6 Å². The van der Waals surface area contributed by atoms with Crippen molar-refractivity contribution < 1.29 is 5.11 Å². The molecule has 1 rings (SSSR count). The van der Waals surface area contributed by atoms with E-state index in [1.54, 1.807) is 6.92 Å². The van der Waals surface area contributed by atoms with Gasteiger partial charge in [-0.05, 0) is 37.3 Å². The molecule has 0 fully saturated rings. The first kappa shape index (κ1) is 14.7. The molecule has 0 saturated carbocycles. The Hall–Kier alpha value is -1.39. The van der Waals surface area contributed by atoms with Crippen molar-refractivity contribution in [2.24, 2.45) is 16.5 Å². The molecule has 0 saturated heterocycles. The number of rotatable bonds is 7. The third-order valence-corrected chi connectivity index (χ3v) is 2.91. The number of nitrogens with two attached hydrogens (primary N) is 2. The Morgan fingerprint density at radius 1 is 1.33 bits per heavy atom. The lowest BCUT2D eigenvalue weighted by Crippen LogP contribution is -2.13. The zero-order valence-electron chi connectivity index (χ0n) is 11.0. The summed E-state index contributed by atoms with van der Waals surface area (Å²) in [5, 5.41) is 9.25. The highest BCUT2D eigenvalue weighted by Gasteiger charge is 2.09. The van der Waals surface area contributed by atoms with Crippen LogP contribution in [-0.2, 0) is 6.61 Å². The highest BCUT2D eigenvalue weighted by Crippen LogP contribution is 2.20. The smallest absolute Gasteiger partial charge is 0.0905 e. The molecule has 4 nitrogen and oxygen atoms in total. The molecule has 0 bridgehead atoms. The predicted molar refractivity (Wildman–Crippen MR) is 75.3 cm³/mol. The van der Waals surface area contributed by atoms with Crippen LogP contribution in [0.2, 0.25) is 0 Å². The molecule has 1 unspecified atom stereocenters. The minimum Gasteiger partial charge on any atom is -0.392 e. The number of unbranched alkanes of at least 4 members (excludes halogenated alkanes) is 1. The maximum absolute atomic E-state index is 9.25. The zero-order valence-corrected chi connectivity index (χ0v) is 11.0. The minimum absolute atomic E-state index is 0.0173. The molecule has 0 spiro atoms. The topological polar surface area (TPSA) is 84.6 Å². The van der Waals surface area contributed by atoms with E-state index in [0.29, 0.717) is 5.84 Å². The number of amidine groups is 1. The van der Waals surface area contributed by atoms with Gasteiger partial charge in [0.25, 0.3) is 0 Å². The summed E-state index contributed by atoms with van der Waals surface area (Å²) in [6.07, 6.45) is 2.90. The van der Waals surface area contributed by atoms with Crippen LogP contribution >= 0.6 is 0 Å². The van der Waals surface area contributed by atoms with Crippen LogP contribution in [0.1, 0.15) is 43.4 Å². The van der Waals surface area contributed by atoms with E-state index in [1.807, 2.05) is 24.3 Å². The highest BCUT2D eigenvalue weighted by molar-refractivity contribution is 5.77. The van der Waals surface area contributed by atoms with E-state index in [-0.39, 0.29) is 12.6 Å². The van der Waals surface area contributed by atoms with Crippen molar-refractivity contribution in [2.75, 3.05) is 6.54 Å².